The van der Waals surface area contributed by atoms with Gasteiger partial charge in [0.2, 0.25) is 10.8 Å². The van der Waals surface area contributed by atoms with Crippen LogP contribution < -0.4 is 15.9 Å². The normalized spacial score (nSPS) is 11.4. The van der Waals surface area contributed by atoms with Crippen molar-refractivity contribution in [2.24, 2.45) is 10.2 Å². The molecular weight excluding hydrogens is 430 g/mol. The van der Waals surface area contributed by atoms with Crippen molar-refractivity contribution in [2.75, 3.05) is 0 Å². The Bertz CT molecular complexity index is 1520. The number of benzene rings is 2. The lowest BCUT2D eigenvalue weighted by Gasteiger charge is -1.93. The highest BCUT2D eigenvalue weighted by Crippen LogP contribution is 2.22. The van der Waals surface area contributed by atoms with E-state index in [1.807, 2.05) is 48.5 Å². The summed E-state index contributed by atoms with van der Waals surface area (Å²) >= 11 is 1.20. The summed E-state index contributed by atoms with van der Waals surface area (Å²) in [5, 5.41) is 15.8. The first-order chi connectivity index (χ1) is 15.6. The Balaban J connectivity index is 1.52. The molecule has 3 aromatic heterocycles. The third kappa shape index (κ3) is 3.50. The third-order valence-corrected chi connectivity index (χ3v) is 5.47. The molecule has 0 saturated carbocycles. The zero-order valence-electron chi connectivity index (χ0n) is 16.7. The molecule has 5 rings (SSSR count). The lowest BCUT2D eigenvalue weighted by atomic mass is 10.3. The van der Waals surface area contributed by atoms with Crippen LogP contribution in [0.3, 0.4) is 0 Å². The predicted octanol–water partition coefficient (Wildman–Crippen LogP) is 3.57. The molecule has 0 saturated heterocycles. The van der Waals surface area contributed by atoms with Crippen LogP contribution in [0.5, 0.6) is 0 Å². The average molecular weight is 446 g/mol. The fourth-order valence-corrected chi connectivity index (χ4v) is 3.89. The first kappa shape index (κ1) is 19.6. The molecule has 0 spiro atoms. The summed E-state index contributed by atoms with van der Waals surface area (Å²) in [4.78, 5) is 29.7. The van der Waals surface area contributed by atoms with Crippen LogP contribution >= 0.6 is 11.3 Å². The van der Waals surface area contributed by atoms with Gasteiger partial charge in [0.15, 0.2) is 11.4 Å². The molecule has 3 heterocycles. The average Bonchev–Trinajstić information content (AvgIpc) is 3.51. The number of nitrogens with one attached hydrogen (secondary N) is 2. The second kappa shape index (κ2) is 8.04. The van der Waals surface area contributed by atoms with E-state index in [1.165, 1.54) is 20.7 Å². The summed E-state index contributed by atoms with van der Waals surface area (Å²) in [6, 6.07) is 18.3. The maximum Gasteiger partial charge on any atom is 0.437 e. The largest absolute Gasteiger partial charge is 0.437 e. The van der Waals surface area contributed by atoms with E-state index in [1.54, 1.807) is 24.4 Å². The fourth-order valence-electron chi connectivity index (χ4n) is 3.12. The first-order valence-electron chi connectivity index (χ1n) is 9.55. The molecule has 2 aromatic carbocycles. The second-order valence-electron chi connectivity index (χ2n) is 6.78. The van der Waals surface area contributed by atoms with Gasteiger partial charge in [-0.05, 0) is 29.0 Å². The zero-order valence-corrected chi connectivity index (χ0v) is 17.5. The van der Waals surface area contributed by atoms with Crippen LogP contribution in [0.15, 0.2) is 90.4 Å². The molecule has 0 fully saturated rings. The van der Waals surface area contributed by atoms with Gasteiger partial charge in [-0.25, -0.2) is 9.78 Å². The van der Waals surface area contributed by atoms with Gasteiger partial charge in [-0.2, -0.15) is 9.80 Å². The van der Waals surface area contributed by atoms with Crippen LogP contribution in [0.1, 0.15) is 5.69 Å². The summed E-state index contributed by atoms with van der Waals surface area (Å²) in [7, 11) is 0. The molecule has 5 aromatic rings. The van der Waals surface area contributed by atoms with Gasteiger partial charge in [-0.3, -0.25) is 14.4 Å². The number of hydrogen-bond acceptors (Lipinski definition) is 7. The van der Waals surface area contributed by atoms with E-state index in [2.05, 4.69) is 25.6 Å². The molecular formula is C21H16N7O3S+. The zero-order chi connectivity index (χ0) is 22.1. The van der Waals surface area contributed by atoms with Crippen LogP contribution in [-0.2, 0) is 0 Å². The van der Waals surface area contributed by atoms with Crippen LogP contribution in [0, 0.1) is 6.92 Å². The number of aryl methyl sites for hydroxylation is 1. The number of aromatic amines is 2. The van der Waals surface area contributed by atoms with Crippen molar-refractivity contribution < 1.29 is 9.20 Å². The van der Waals surface area contributed by atoms with E-state index < -0.39 is 5.63 Å². The number of para-hydroxylation sites is 1. The highest BCUT2D eigenvalue weighted by molar-refractivity contribution is 7.12. The van der Waals surface area contributed by atoms with Crippen molar-refractivity contribution in [1.29, 1.82) is 0 Å². The topological polar surface area (TPSA) is 125 Å². The number of azo groups is 1. The van der Waals surface area contributed by atoms with Gasteiger partial charge < -0.3 is 0 Å². The van der Waals surface area contributed by atoms with Crippen molar-refractivity contribution in [3.05, 3.63) is 92.5 Å². The van der Waals surface area contributed by atoms with Gasteiger partial charge in [0.25, 0.3) is 0 Å². The summed E-state index contributed by atoms with van der Waals surface area (Å²) in [5.41, 5.74) is 1.71. The minimum absolute atomic E-state index is 0.186. The van der Waals surface area contributed by atoms with Crippen molar-refractivity contribution in [1.82, 2.24) is 20.0 Å². The van der Waals surface area contributed by atoms with Crippen molar-refractivity contribution >= 4 is 22.7 Å². The lowest BCUT2D eigenvalue weighted by Crippen LogP contribution is -2.36. The van der Waals surface area contributed by atoms with Gasteiger partial charge in [-0.15, -0.1) is 16.5 Å². The molecule has 2 N–H and O–H groups in total. The molecule has 0 atom stereocenters. The highest BCUT2D eigenvalue weighted by Gasteiger charge is 2.28. The van der Waals surface area contributed by atoms with Crippen molar-refractivity contribution in [2.45, 2.75) is 6.92 Å². The van der Waals surface area contributed by atoms with Gasteiger partial charge in [0.05, 0.1) is 11.4 Å². The SMILES string of the molecule is Cc1[nH]n(-c2nc(-c3c(=O)o[nH][n+]3-c3ccccc3)cs2)c(=O)c1N=Nc1ccccc1. The quantitative estimate of drug-likeness (QED) is 0.316. The summed E-state index contributed by atoms with van der Waals surface area (Å²) < 4.78 is 7.77. The first-order valence-corrected chi connectivity index (χ1v) is 10.4. The Labute approximate surface area is 184 Å². The minimum atomic E-state index is -0.571. The van der Waals surface area contributed by atoms with Gasteiger partial charge in [0, 0.05) is 17.5 Å². The van der Waals surface area contributed by atoms with Crippen LogP contribution in [-0.4, -0.2) is 20.0 Å². The maximum absolute atomic E-state index is 12.9. The molecule has 0 unspecified atom stereocenters. The van der Waals surface area contributed by atoms with E-state index >= 15 is 0 Å². The van der Waals surface area contributed by atoms with Gasteiger partial charge >= 0.3 is 16.9 Å². The molecule has 0 bridgehead atoms. The number of hydrogen-bond donors (Lipinski definition) is 2. The summed E-state index contributed by atoms with van der Waals surface area (Å²) in [5.74, 6) is 0. The molecule has 11 heteroatoms. The predicted molar refractivity (Wildman–Crippen MR) is 117 cm³/mol. The standard InChI is InChI=1S/C21H15N7O3S/c1-13-17(24-23-14-8-4-2-5-9-14)19(29)28(25-13)21-22-16(12-32-21)18-20(30)31-26-27(18)15-10-6-3-7-11-15/h2-12H,1H3,(H-,23,25,26,29,30)/p+1. The molecule has 0 aliphatic rings. The number of thiazole rings is 1. The van der Waals surface area contributed by atoms with E-state index in [0.29, 0.717) is 27.9 Å². The van der Waals surface area contributed by atoms with Gasteiger partial charge in [-0.1, -0.05) is 36.4 Å². The van der Waals surface area contributed by atoms with Gasteiger partial charge in [0.1, 0.15) is 0 Å². The number of H-pyrrole nitrogens is 2. The lowest BCUT2D eigenvalue weighted by molar-refractivity contribution is -0.660. The van der Waals surface area contributed by atoms with Crippen LogP contribution in [0.25, 0.3) is 22.2 Å². The monoisotopic (exact) mass is 446 g/mol. The molecule has 0 aliphatic heterocycles. The highest BCUT2D eigenvalue weighted by atomic mass is 32.1. The van der Waals surface area contributed by atoms with Crippen molar-refractivity contribution in [3.63, 3.8) is 0 Å². The smallest absolute Gasteiger partial charge is 0.291 e. The number of nitrogens with zero attached hydrogens (tertiary/aromatic N) is 5. The Morgan fingerprint density at radius 3 is 2.50 bits per heavy atom. The van der Waals surface area contributed by atoms with E-state index in [9.17, 15) is 9.59 Å². The van der Waals surface area contributed by atoms with Crippen LogP contribution in [0.2, 0.25) is 0 Å². The molecule has 0 aliphatic carbocycles. The fraction of sp³-hybridized carbons (Fsp3) is 0.0476. The molecule has 158 valence electrons. The van der Waals surface area contributed by atoms with E-state index in [0.717, 1.165) is 0 Å². The van der Waals surface area contributed by atoms with E-state index in [-0.39, 0.29) is 16.9 Å². The summed E-state index contributed by atoms with van der Waals surface area (Å²) in [6.07, 6.45) is 0. The Morgan fingerprint density at radius 2 is 1.75 bits per heavy atom. The second-order valence-corrected chi connectivity index (χ2v) is 7.61. The third-order valence-electron chi connectivity index (χ3n) is 4.65. The molecule has 32 heavy (non-hydrogen) atoms. The number of aromatic nitrogens is 5. The van der Waals surface area contributed by atoms with Crippen LogP contribution in [0.4, 0.5) is 11.4 Å². The summed E-state index contributed by atoms with van der Waals surface area (Å²) in [6.45, 7) is 1.73. The molecule has 10 nitrogen and oxygen atoms in total. The maximum atomic E-state index is 12.9. The van der Waals surface area contributed by atoms with E-state index in [4.69, 9.17) is 4.52 Å². The van der Waals surface area contributed by atoms with Crippen molar-refractivity contribution in [3.8, 4) is 22.2 Å². The Kier molecular flexibility index (Phi) is 4.92. The molecule has 0 radical (unpaired) electrons. The Hall–Kier alpha value is -4.38. The Morgan fingerprint density at radius 1 is 1.03 bits per heavy atom. The minimum Gasteiger partial charge on any atom is -0.291 e. The number of rotatable bonds is 5. The molecule has 0 amide bonds.